The monoisotopic (exact) mass is 358 g/mol. The first kappa shape index (κ1) is 19.4. The molecule has 2 amide bonds. The van der Waals surface area contributed by atoms with Crippen molar-refractivity contribution in [1.29, 1.82) is 0 Å². The van der Waals surface area contributed by atoms with Gasteiger partial charge in [0.2, 0.25) is 5.91 Å². The number of carbonyl (C=O) groups excluding carboxylic acids is 2. The van der Waals surface area contributed by atoms with Gasteiger partial charge in [0.15, 0.2) is 6.61 Å². The van der Waals surface area contributed by atoms with Gasteiger partial charge in [-0.25, -0.2) is 4.39 Å². The number of hydrogen-bond donors (Lipinski definition) is 2. The smallest absolute Gasteiger partial charge is 0.257 e. The Kier molecular flexibility index (Phi) is 7.14. The number of anilines is 1. The van der Waals surface area contributed by atoms with Crippen LogP contribution in [0.3, 0.4) is 0 Å². The minimum atomic E-state index is -0.292. The second-order valence-corrected chi connectivity index (χ2v) is 5.97. The molecule has 0 heterocycles. The number of rotatable bonds is 8. The Bertz CT molecular complexity index is 730. The van der Waals surface area contributed by atoms with Gasteiger partial charge in [-0.15, -0.1) is 0 Å². The van der Waals surface area contributed by atoms with Crippen molar-refractivity contribution in [3.05, 3.63) is 59.9 Å². The van der Waals surface area contributed by atoms with E-state index in [4.69, 9.17) is 4.74 Å². The van der Waals surface area contributed by atoms with Crippen LogP contribution in [0.1, 0.15) is 31.7 Å². The Balaban J connectivity index is 1.83. The van der Waals surface area contributed by atoms with Crippen molar-refractivity contribution in [2.75, 3.05) is 18.5 Å². The Morgan fingerprint density at radius 2 is 1.69 bits per heavy atom. The molecule has 0 aromatic heterocycles. The van der Waals surface area contributed by atoms with Crippen LogP contribution in [0.25, 0.3) is 0 Å². The molecule has 0 fully saturated rings. The van der Waals surface area contributed by atoms with Crippen LogP contribution in [-0.4, -0.2) is 25.0 Å². The van der Waals surface area contributed by atoms with E-state index in [1.165, 1.54) is 12.1 Å². The van der Waals surface area contributed by atoms with E-state index >= 15 is 0 Å². The first-order chi connectivity index (χ1) is 12.5. The van der Waals surface area contributed by atoms with Gasteiger partial charge in [0, 0.05) is 18.7 Å². The summed E-state index contributed by atoms with van der Waals surface area (Å²) >= 11 is 0. The van der Waals surface area contributed by atoms with Crippen molar-refractivity contribution < 1.29 is 18.7 Å². The summed E-state index contributed by atoms with van der Waals surface area (Å²) in [4.78, 5) is 23.5. The minimum absolute atomic E-state index is 0.0183. The summed E-state index contributed by atoms with van der Waals surface area (Å²) in [7, 11) is 0. The number of halogens is 1. The quantitative estimate of drug-likeness (QED) is 0.759. The van der Waals surface area contributed by atoms with Crippen molar-refractivity contribution >= 4 is 17.5 Å². The second-order valence-electron chi connectivity index (χ2n) is 5.97. The van der Waals surface area contributed by atoms with E-state index in [1.54, 1.807) is 36.4 Å². The fourth-order valence-electron chi connectivity index (χ4n) is 2.43. The number of likely N-dealkylation sites (N-methyl/N-ethyl adjacent to an activating group) is 1. The van der Waals surface area contributed by atoms with E-state index in [-0.39, 0.29) is 30.2 Å². The highest BCUT2D eigenvalue weighted by Crippen LogP contribution is 2.21. The third-order valence-corrected chi connectivity index (χ3v) is 3.81. The number of benzene rings is 2. The molecule has 1 unspecified atom stereocenters. The molecule has 0 aliphatic heterocycles. The molecular formula is C20H23FN2O3. The van der Waals surface area contributed by atoms with Gasteiger partial charge in [0.05, 0.1) is 0 Å². The van der Waals surface area contributed by atoms with Crippen LogP contribution in [0.5, 0.6) is 5.75 Å². The Morgan fingerprint density at radius 1 is 1.04 bits per heavy atom. The molecule has 26 heavy (non-hydrogen) atoms. The van der Waals surface area contributed by atoms with Crippen molar-refractivity contribution in [2.24, 2.45) is 0 Å². The molecule has 2 rings (SSSR count). The predicted molar refractivity (Wildman–Crippen MR) is 98.7 cm³/mol. The van der Waals surface area contributed by atoms with Crippen molar-refractivity contribution in [3.8, 4) is 5.75 Å². The molecule has 0 radical (unpaired) electrons. The number of carbonyl (C=O) groups is 2. The summed E-state index contributed by atoms with van der Waals surface area (Å²) in [6, 6.07) is 13.0. The first-order valence-electron chi connectivity index (χ1n) is 8.52. The fourth-order valence-corrected chi connectivity index (χ4v) is 2.43. The van der Waals surface area contributed by atoms with Gasteiger partial charge in [-0.2, -0.15) is 0 Å². The summed E-state index contributed by atoms with van der Waals surface area (Å²) in [5, 5.41) is 5.46. The normalized spacial score (nSPS) is 11.5. The van der Waals surface area contributed by atoms with Gasteiger partial charge in [-0.1, -0.05) is 19.1 Å². The zero-order valence-corrected chi connectivity index (χ0v) is 14.9. The average molecular weight is 358 g/mol. The van der Waals surface area contributed by atoms with E-state index in [0.29, 0.717) is 24.4 Å². The molecule has 0 spiro atoms. The number of hydrogen-bond acceptors (Lipinski definition) is 3. The van der Waals surface area contributed by atoms with Crippen LogP contribution in [0.15, 0.2) is 48.5 Å². The van der Waals surface area contributed by atoms with E-state index in [0.717, 1.165) is 5.56 Å². The number of amides is 2. The molecule has 6 heteroatoms. The Morgan fingerprint density at radius 3 is 2.31 bits per heavy atom. The molecule has 0 saturated heterocycles. The number of nitrogens with one attached hydrogen (secondary N) is 2. The molecule has 1 atom stereocenters. The summed E-state index contributed by atoms with van der Waals surface area (Å²) in [6.45, 7) is 4.27. The van der Waals surface area contributed by atoms with Gasteiger partial charge in [-0.05, 0) is 54.8 Å². The average Bonchev–Trinajstić information content (AvgIpc) is 2.62. The van der Waals surface area contributed by atoms with Crippen LogP contribution in [0.4, 0.5) is 10.1 Å². The zero-order chi connectivity index (χ0) is 18.9. The van der Waals surface area contributed by atoms with E-state index in [2.05, 4.69) is 10.6 Å². The van der Waals surface area contributed by atoms with Gasteiger partial charge >= 0.3 is 0 Å². The van der Waals surface area contributed by atoms with Crippen LogP contribution in [0.2, 0.25) is 0 Å². The molecule has 2 aromatic carbocycles. The molecule has 0 saturated carbocycles. The van der Waals surface area contributed by atoms with Gasteiger partial charge in [0.1, 0.15) is 11.6 Å². The van der Waals surface area contributed by atoms with Gasteiger partial charge < -0.3 is 15.4 Å². The minimum Gasteiger partial charge on any atom is -0.484 e. The van der Waals surface area contributed by atoms with Crippen molar-refractivity contribution in [2.45, 2.75) is 26.2 Å². The lowest BCUT2D eigenvalue weighted by Crippen LogP contribution is -2.28. The zero-order valence-electron chi connectivity index (χ0n) is 14.9. The molecule has 0 bridgehead atoms. The maximum absolute atomic E-state index is 13.0. The summed E-state index contributed by atoms with van der Waals surface area (Å²) in [5.41, 5.74) is 1.56. The summed E-state index contributed by atoms with van der Waals surface area (Å²) in [6.07, 6.45) is 0.293. The molecule has 138 valence electrons. The molecular weight excluding hydrogens is 335 g/mol. The lowest BCUT2D eigenvalue weighted by atomic mass is 9.97. The Hall–Kier alpha value is -2.89. The highest BCUT2D eigenvalue weighted by Gasteiger charge is 2.12. The maximum Gasteiger partial charge on any atom is 0.257 e. The van der Waals surface area contributed by atoms with E-state index in [1.807, 2.05) is 13.8 Å². The van der Waals surface area contributed by atoms with Crippen LogP contribution in [0, 0.1) is 5.82 Å². The summed E-state index contributed by atoms with van der Waals surface area (Å²) in [5.74, 6) is -0.0680. The van der Waals surface area contributed by atoms with Gasteiger partial charge in [0.25, 0.3) is 5.91 Å². The van der Waals surface area contributed by atoms with Crippen LogP contribution in [-0.2, 0) is 9.59 Å². The third kappa shape index (κ3) is 6.20. The molecule has 5 nitrogen and oxygen atoms in total. The number of ether oxygens (including phenoxy) is 1. The Labute approximate surface area is 152 Å². The van der Waals surface area contributed by atoms with Crippen LogP contribution >= 0.6 is 0 Å². The standard InChI is InChI=1S/C20H23FN2O3/c1-3-22-20(25)13-26-18-10-8-17(9-11-18)23-19(24)12-14(2)15-4-6-16(21)7-5-15/h4-11,14H,3,12-13H2,1-2H3,(H,22,25)(H,23,24). The molecule has 2 N–H and O–H groups in total. The van der Waals surface area contributed by atoms with Gasteiger partial charge in [-0.3, -0.25) is 9.59 Å². The SMILES string of the molecule is CCNC(=O)COc1ccc(NC(=O)CC(C)c2ccc(F)cc2)cc1. The van der Waals surface area contributed by atoms with Crippen molar-refractivity contribution in [1.82, 2.24) is 5.32 Å². The molecule has 0 aliphatic rings. The molecule has 0 aliphatic carbocycles. The maximum atomic E-state index is 13.0. The van der Waals surface area contributed by atoms with Crippen LogP contribution < -0.4 is 15.4 Å². The third-order valence-electron chi connectivity index (χ3n) is 3.81. The molecule has 2 aromatic rings. The second kappa shape index (κ2) is 9.56. The van der Waals surface area contributed by atoms with E-state index < -0.39 is 0 Å². The predicted octanol–water partition coefficient (Wildman–Crippen LogP) is 3.47. The highest BCUT2D eigenvalue weighted by molar-refractivity contribution is 5.91. The summed E-state index contributed by atoms with van der Waals surface area (Å²) < 4.78 is 18.3. The fraction of sp³-hybridized carbons (Fsp3) is 0.300. The first-order valence-corrected chi connectivity index (χ1v) is 8.52. The van der Waals surface area contributed by atoms with E-state index in [9.17, 15) is 14.0 Å². The lowest BCUT2D eigenvalue weighted by Gasteiger charge is -2.12. The topological polar surface area (TPSA) is 67.4 Å². The highest BCUT2D eigenvalue weighted by atomic mass is 19.1. The van der Waals surface area contributed by atoms with Crippen molar-refractivity contribution in [3.63, 3.8) is 0 Å². The lowest BCUT2D eigenvalue weighted by molar-refractivity contribution is -0.123. The largest absolute Gasteiger partial charge is 0.484 e.